The third kappa shape index (κ3) is 2.33. The van der Waals surface area contributed by atoms with Gasteiger partial charge in [0.05, 0.1) is 0 Å². The van der Waals surface area contributed by atoms with Crippen molar-refractivity contribution in [1.29, 1.82) is 0 Å². The van der Waals surface area contributed by atoms with Crippen molar-refractivity contribution >= 4 is 0 Å². The number of rotatable bonds is 2. The standard InChI is InChI=1S/C14H15F2O/c1-2-9-3-5-10(6-4-9)11-7-8-12(17)14(16)13(11)15/h2,7-10H,1,3-6H2/t9-,10-. The molecule has 1 fully saturated rings. The lowest BCUT2D eigenvalue weighted by molar-refractivity contribution is 0.314. The Hall–Kier alpha value is -1.38. The van der Waals surface area contributed by atoms with Crippen LogP contribution in [0.2, 0.25) is 0 Å². The fourth-order valence-electron chi connectivity index (χ4n) is 2.53. The van der Waals surface area contributed by atoms with Crippen molar-refractivity contribution in [1.82, 2.24) is 0 Å². The second-order valence-corrected chi connectivity index (χ2v) is 4.63. The van der Waals surface area contributed by atoms with Crippen LogP contribution < -0.4 is 0 Å². The van der Waals surface area contributed by atoms with E-state index in [0.29, 0.717) is 11.5 Å². The average Bonchev–Trinajstić information content (AvgIpc) is 2.36. The average molecular weight is 237 g/mol. The first kappa shape index (κ1) is 12.1. The second-order valence-electron chi connectivity index (χ2n) is 4.63. The molecule has 0 aromatic heterocycles. The summed E-state index contributed by atoms with van der Waals surface area (Å²) in [7, 11) is 0. The van der Waals surface area contributed by atoms with Crippen LogP contribution in [0.3, 0.4) is 0 Å². The van der Waals surface area contributed by atoms with Crippen LogP contribution in [-0.2, 0) is 5.11 Å². The molecule has 0 bridgehead atoms. The van der Waals surface area contributed by atoms with E-state index in [1.54, 1.807) is 0 Å². The Labute approximate surface area is 99.8 Å². The van der Waals surface area contributed by atoms with Crippen molar-refractivity contribution in [3.05, 3.63) is 42.0 Å². The molecule has 0 heterocycles. The van der Waals surface area contributed by atoms with E-state index in [0.717, 1.165) is 31.7 Å². The van der Waals surface area contributed by atoms with Crippen molar-refractivity contribution < 1.29 is 13.9 Å². The lowest BCUT2D eigenvalue weighted by Gasteiger charge is -2.27. The number of hydrogen-bond acceptors (Lipinski definition) is 0. The van der Waals surface area contributed by atoms with Crippen molar-refractivity contribution in [2.24, 2.45) is 5.92 Å². The summed E-state index contributed by atoms with van der Waals surface area (Å²) >= 11 is 0. The van der Waals surface area contributed by atoms with Gasteiger partial charge in [-0.2, -0.15) is 4.39 Å². The van der Waals surface area contributed by atoms with Gasteiger partial charge in [-0.15, -0.1) is 6.58 Å². The molecule has 1 aromatic rings. The van der Waals surface area contributed by atoms with Crippen molar-refractivity contribution in [3.8, 4) is 5.75 Å². The predicted molar refractivity (Wildman–Crippen MR) is 61.4 cm³/mol. The van der Waals surface area contributed by atoms with E-state index >= 15 is 0 Å². The van der Waals surface area contributed by atoms with Crippen LogP contribution in [0.25, 0.3) is 0 Å². The fraction of sp³-hybridized carbons (Fsp3) is 0.429. The molecule has 3 heteroatoms. The Morgan fingerprint density at radius 2 is 1.76 bits per heavy atom. The highest BCUT2D eigenvalue weighted by atomic mass is 19.2. The highest BCUT2D eigenvalue weighted by molar-refractivity contribution is 5.32. The molecule has 0 unspecified atom stereocenters. The van der Waals surface area contributed by atoms with E-state index in [1.807, 2.05) is 6.08 Å². The van der Waals surface area contributed by atoms with E-state index < -0.39 is 17.4 Å². The molecule has 2 rings (SSSR count). The number of allylic oxidation sites excluding steroid dienone is 1. The summed E-state index contributed by atoms with van der Waals surface area (Å²) in [4.78, 5) is 0. The Kier molecular flexibility index (Phi) is 3.46. The third-order valence-corrected chi connectivity index (χ3v) is 3.62. The van der Waals surface area contributed by atoms with Gasteiger partial charge in [0, 0.05) is 0 Å². The number of benzene rings is 1. The largest absolute Gasteiger partial charge is 0.287 e. The van der Waals surface area contributed by atoms with Crippen LogP contribution in [0, 0.1) is 17.6 Å². The van der Waals surface area contributed by atoms with Gasteiger partial charge in [0.15, 0.2) is 5.82 Å². The molecule has 0 spiro atoms. The van der Waals surface area contributed by atoms with Gasteiger partial charge in [0.2, 0.25) is 11.6 Å². The predicted octanol–water partition coefficient (Wildman–Crippen LogP) is 4.57. The molecular formula is C14H15F2O. The maximum Gasteiger partial charge on any atom is 0.217 e. The zero-order valence-corrected chi connectivity index (χ0v) is 9.59. The minimum atomic E-state index is -1.24. The molecule has 1 aliphatic carbocycles. The Bertz CT molecular complexity index is 420. The Morgan fingerprint density at radius 3 is 2.35 bits per heavy atom. The van der Waals surface area contributed by atoms with Crippen LogP contribution >= 0.6 is 0 Å². The van der Waals surface area contributed by atoms with Gasteiger partial charge in [-0.05, 0) is 49.1 Å². The summed E-state index contributed by atoms with van der Waals surface area (Å²) in [5.74, 6) is -2.56. The van der Waals surface area contributed by atoms with E-state index in [9.17, 15) is 13.9 Å². The summed E-state index contributed by atoms with van der Waals surface area (Å²) in [6.07, 6.45) is 5.48. The summed E-state index contributed by atoms with van der Waals surface area (Å²) in [5, 5.41) is 10.9. The van der Waals surface area contributed by atoms with Gasteiger partial charge in [-0.25, -0.2) is 4.39 Å². The number of halogens is 2. The molecule has 1 aromatic carbocycles. The van der Waals surface area contributed by atoms with Crippen molar-refractivity contribution in [2.45, 2.75) is 31.6 Å². The van der Waals surface area contributed by atoms with Crippen LogP contribution in [0.5, 0.6) is 5.75 Å². The molecule has 1 radical (unpaired) electrons. The van der Waals surface area contributed by atoms with Gasteiger partial charge < -0.3 is 0 Å². The van der Waals surface area contributed by atoms with Crippen molar-refractivity contribution in [2.75, 3.05) is 0 Å². The molecule has 0 aliphatic heterocycles. The number of hydrogen-bond donors (Lipinski definition) is 0. The highest BCUT2D eigenvalue weighted by Crippen LogP contribution is 2.38. The van der Waals surface area contributed by atoms with Crippen LogP contribution in [0.15, 0.2) is 24.8 Å². The van der Waals surface area contributed by atoms with E-state index in [2.05, 4.69) is 6.58 Å². The summed E-state index contributed by atoms with van der Waals surface area (Å²) in [6, 6.07) is 2.55. The zero-order chi connectivity index (χ0) is 12.4. The lowest BCUT2D eigenvalue weighted by Crippen LogP contribution is -2.13. The first-order chi connectivity index (χ1) is 8.13. The minimum absolute atomic E-state index is 0.0290. The maximum atomic E-state index is 13.6. The van der Waals surface area contributed by atoms with Crippen molar-refractivity contribution in [3.63, 3.8) is 0 Å². The highest BCUT2D eigenvalue weighted by Gasteiger charge is 2.25. The molecule has 0 amide bonds. The van der Waals surface area contributed by atoms with Gasteiger partial charge in [-0.3, -0.25) is 5.11 Å². The van der Waals surface area contributed by atoms with E-state index in [4.69, 9.17) is 0 Å². The molecular weight excluding hydrogens is 222 g/mol. The Balaban J connectivity index is 2.19. The molecule has 17 heavy (non-hydrogen) atoms. The molecule has 0 atom stereocenters. The zero-order valence-electron chi connectivity index (χ0n) is 9.59. The van der Waals surface area contributed by atoms with Gasteiger partial charge in [-0.1, -0.05) is 12.1 Å². The maximum absolute atomic E-state index is 13.6. The molecule has 0 N–H and O–H groups in total. The van der Waals surface area contributed by atoms with Gasteiger partial charge in [0.1, 0.15) is 0 Å². The van der Waals surface area contributed by atoms with Crippen LogP contribution in [-0.4, -0.2) is 0 Å². The van der Waals surface area contributed by atoms with E-state index in [1.165, 1.54) is 6.07 Å². The SMILES string of the molecule is C=C[C@H]1CC[C@H](c2ccc([O])c(F)c2F)CC1. The summed E-state index contributed by atoms with van der Waals surface area (Å²) in [6.45, 7) is 3.75. The normalized spacial score (nSPS) is 24.6. The fourth-order valence-corrected chi connectivity index (χ4v) is 2.53. The summed E-state index contributed by atoms with van der Waals surface area (Å²) < 4.78 is 26.8. The molecule has 91 valence electrons. The topological polar surface area (TPSA) is 19.9 Å². The minimum Gasteiger partial charge on any atom is -0.287 e. The molecule has 0 saturated heterocycles. The van der Waals surface area contributed by atoms with Crippen LogP contribution in [0.1, 0.15) is 37.2 Å². The van der Waals surface area contributed by atoms with Gasteiger partial charge in [0.25, 0.3) is 0 Å². The molecule has 1 aliphatic rings. The molecule has 1 saturated carbocycles. The first-order valence-corrected chi connectivity index (χ1v) is 5.91. The second kappa shape index (κ2) is 4.86. The van der Waals surface area contributed by atoms with Gasteiger partial charge >= 0.3 is 0 Å². The molecule has 1 nitrogen and oxygen atoms in total. The van der Waals surface area contributed by atoms with Crippen LogP contribution in [0.4, 0.5) is 8.78 Å². The Morgan fingerprint density at radius 1 is 1.12 bits per heavy atom. The quantitative estimate of drug-likeness (QED) is 0.671. The monoisotopic (exact) mass is 237 g/mol. The smallest absolute Gasteiger partial charge is 0.217 e. The summed E-state index contributed by atoms with van der Waals surface area (Å²) in [5.41, 5.74) is 0.351. The lowest BCUT2D eigenvalue weighted by atomic mass is 9.78. The van der Waals surface area contributed by atoms with E-state index in [-0.39, 0.29) is 5.92 Å². The first-order valence-electron chi connectivity index (χ1n) is 5.91. The third-order valence-electron chi connectivity index (χ3n) is 3.62.